The van der Waals surface area contributed by atoms with Crippen LogP contribution in [0, 0.1) is 0 Å². The highest BCUT2D eigenvalue weighted by molar-refractivity contribution is 9.10. The molecule has 3 nitrogen and oxygen atoms in total. The number of rotatable bonds is 3. The summed E-state index contributed by atoms with van der Waals surface area (Å²) in [6.45, 7) is 1.56. The SMILES string of the molecule is CS(=O)(=O)C1CSCCN1Cc1sccc1Br. The zero-order valence-corrected chi connectivity index (χ0v) is 13.5. The maximum absolute atomic E-state index is 11.7. The van der Waals surface area contributed by atoms with Gasteiger partial charge in [0.25, 0.3) is 0 Å². The molecule has 0 bridgehead atoms. The fourth-order valence-electron chi connectivity index (χ4n) is 1.81. The lowest BCUT2D eigenvalue weighted by atomic mass is 10.4. The Morgan fingerprint density at radius 2 is 2.35 bits per heavy atom. The molecule has 96 valence electrons. The second kappa shape index (κ2) is 5.61. The standard InChI is InChI=1S/C10H14BrNO2S3/c1-17(13,14)10-7-15-5-3-12(10)6-9-8(11)2-4-16-9/h2,4,10H,3,5-7H2,1H3. The molecule has 0 spiro atoms. The van der Waals surface area contributed by atoms with E-state index >= 15 is 0 Å². The van der Waals surface area contributed by atoms with E-state index in [4.69, 9.17) is 0 Å². The number of thioether (sulfide) groups is 1. The zero-order valence-electron chi connectivity index (χ0n) is 9.43. The van der Waals surface area contributed by atoms with Crippen molar-refractivity contribution in [3.05, 3.63) is 20.8 Å². The maximum Gasteiger partial charge on any atom is 0.164 e. The molecule has 0 radical (unpaired) electrons. The quantitative estimate of drug-likeness (QED) is 0.834. The van der Waals surface area contributed by atoms with Crippen LogP contribution in [0.4, 0.5) is 0 Å². The summed E-state index contributed by atoms with van der Waals surface area (Å²) < 4.78 is 24.6. The summed E-state index contributed by atoms with van der Waals surface area (Å²) in [7, 11) is -3.00. The minimum absolute atomic E-state index is 0.338. The molecule has 7 heteroatoms. The van der Waals surface area contributed by atoms with Gasteiger partial charge < -0.3 is 0 Å². The molecule has 0 N–H and O–H groups in total. The van der Waals surface area contributed by atoms with Gasteiger partial charge in [0, 0.05) is 40.2 Å². The molecule has 0 aliphatic carbocycles. The van der Waals surface area contributed by atoms with Crippen LogP contribution in [-0.4, -0.2) is 43.0 Å². The molecular formula is C10H14BrNO2S3. The van der Waals surface area contributed by atoms with Crippen molar-refractivity contribution in [2.45, 2.75) is 11.9 Å². The van der Waals surface area contributed by atoms with Gasteiger partial charge in [0.15, 0.2) is 9.84 Å². The highest BCUT2D eigenvalue weighted by Gasteiger charge is 2.31. The Hall–Kier alpha value is 0.440. The van der Waals surface area contributed by atoms with Crippen LogP contribution in [-0.2, 0) is 16.4 Å². The molecule has 1 aliphatic rings. The van der Waals surface area contributed by atoms with E-state index in [1.165, 1.54) is 11.1 Å². The first kappa shape index (κ1) is 13.9. The van der Waals surface area contributed by atoms with Gasteiger partial charge in [0.05, 0.1) is 0 Å². The van der Waals surface area contributed by atoms with Crippen molar-refractivity contribution in [2.75, 3.05) is 24.3 Å². The van der Waals surface area contributed by atoms with Gasteiger partial charge in [0.2, 0.25) is 0 Å². The van der Waals surface area contributed by atoms with Crippen molar-refractivity contribution in [2.24, 2.45) is 0 Å². The minimum atomic E-state index is -3.00. The largest absolute Gasteiger partial charge is 0.281 e. The summed E-state index contributed by atoms with van der Waals surface area (Å²) in [6.07, 6.45) is 1.33. The highest BCUT2D eigenvalue weighted by Crippen LogP contribution is 2.28. The smallest absolute Gasteiger partial charge is 0.164 e. The molecule has 2 rings (SSSR count). The van der Waals surface area contributed by atoms with Gasteiger partial charge in [-0.25, -0.2) is 8.42 Å². The number of nitrogens with zero attached hydrogens (tertiary/aromatic N) is 1. The van der Waals surface area contributed by atoms with E-state index in [1.54, 1.807) is 23.1 Å². The fraction of sp³-hybridized carbons (Fsp3) is 0.600. The fourth-order valence-corrected chi connectivity index (χ4v) is 6.26. The van der Waals surface area contributed by atoms with Crippen LogP contribution < -0.4 is 0 Å². The van der Waals surface area contributed by atoms with Crippen LogP contribution in [0.3, 0.4) is 0 Å². The van der Waals surface area contributed by atoms with Crippen molar-refractivity contribution in [1.29, 1.82) is 0 Å². The minimum Gasteiger partial charge on any atom is -0.281 e. The van der Waals surface area contributed by atoms with Crippen molar-refractivity contribution < 1.29 is 8.42 Å². The van der Waals surface area contributed by atoms with Crippen LogP contribution in [0.1, 0.15) is 4.88 Å². The van der Waals surface area contributed by atoms with Crippen LogP contribution in [0.15, 0.2) is 15.9 Å². The van der Waals surface area contributed by atoms with Gasteiger partial charge in [0.1, 0.15) is 5.37 Å². The molecule has 1 aromatic rings. The van der Waals surface area contributed by atoms with Crippen molar-refractivity contribution in [3.8, 4) is 0 Å². The number of hydrogen-bond donors (Lipinski definition) is 0. The van der Waals surface area contributed by atoms with Gasteiger partial charge >= 0.3 is 0 Å². The first-order chi connectivity index (χ1) is 7.98. The monoisotopic (exact) mass is 355 g/mol. The van der Waals surface area contributed by atoms with Crippen molar-refractivity contribution >= 4 is 48.9 Å². The summed E-state index contributed by atoms with van der Waals surface area (Å²) in [5, 5.41) is 1.68. The Balaban J connectivity index is 2.15. The third-order valence-corrected chi connectivity index (χ3v) is 7.32. The first-order valence-corrected chi connectivity index (χ1v) is 9.99. The van der Waals surface area contributed by atoms with E-state index in [0.29, 0.717) is 5.75 Å². The van der Waals surface area contributed by atoms with Crippen LogP contribution in [0.2, 0.25) is 0 Å². The van der Waals surface area contributed by atoms with Crippen molar-refractivity contribution in [1.82, 2.24) is 4.90 Å². The predicted molar refractivity (Wildman–Crippen MR) is 78.4 cm³/mol. The van der Waals surface area contributed by atoms with E-state index in [1.807, 2.05) is 11.4 Å². The second-order valence-corrected chi connectivity index (χ2v) is 9.23. The summed E-state index contributed by atoms with van der Waals surface area (Å²) in [6, 6.07) is 2.01. The van der Waals surface area contributed by atoms with Crippen LogP contribution in [0.25, 0.3) is 0 Å². The predicted octanol–water partition coefficient (Wildman–Crippen LogP) is 2.43. The maximum atomic E-state index is 11.7. The van der Waals surface area contributed by atoms with Gasteiger partial charge in [-0.05, 0) is 27.4 Å². The molecule has 17 heavy (non-hydrogen) atoms. The first-order valence-electron chi connectivity index (χ1n) is 5.21. The van der Waals surface area contributed by atoms with Gasteiger partial charge in [-0.15, -0.1) is 11.3 Å². The van der Waals surface area contributed by atoms with E-state index in [9.17, 15) is 8.42 Å². The highest BCUT2D eigenvalue weighted by atomic mass is 79.9. The van der Waals surface area contributed by atoms with Crippen LogP contribution >= 0.6 is 39.0 Å². The molecule has 1 saturated heterocycles. The molecule has 0 amide bonds. The lowest BCUT2D eigenvalue weighted by Crippen LogP contribution is -2.46. The molecule has 1 aromatic heterocycles. The Bertz CT molecular complexity index is 485. The number of sulfone groups is 1. The molecule has 0 aromatic carbocycles. The Morgan fingerprint density at radius 3 is 2.94 bits per heavy atom. The second-order valence-electron chi connectivity index (χ2n) is 4.02. The number of hydrogen-bond acceptors (Lipinski definition) is 5. The van der Waals surface area contributed by atoms with Crippen LogP contribution in [0.5, 0.6) is 0 Å². The molecule has 0 saturated carbocycles. The molecule has 1 aliphatic heterocycles. The number of halogens is 1. The molecule has 1 unspecified atom stereocenters. The third-order valence-electron chi connectivity index (χ3n) is 2.72. The van der Waals surface area contributed by atoms with E-state index < -0.39 is 9.84 Å². The lowest BCUT2D eigenvalue weighted by Gasteiger charge is -2.33. The van der Waals surface area contributed by atoms with E-state index in [0.717, 1.165) is 23.3 Å². The Kier molecular flexibility index (Phi) is 4.57. The lowest BCUT2D eigenvalue weighted by molar-refractivity contribution is 0.264. The van der Waals surface area contributed by atoms with E-state index in [-0.39, 0.29) is 5.37 Å². The summed E-state index contributed by atoms with van der Waals surface area (Å²) in [5.74, 6) is 1.69. The molecule has 1 atom stereocenters. The molecular weight excluding hydrogens is 342 g/mol. The molecule has 1 fully saturated rings. The molecule has 2 heterocycles. The Morgan fingerprint density at radius 1 is 1.59 bits per heavy atom. The van der Waals surface area contributed by atoms with Gasteiger partial charge in [-0.1, -0.05) is 0 Å². The summed E-state index contributed by atoms with van der Waals surface area (Å²) >= 11 is 6.88. The number of thiophene rings is 1. The Labute approximate surface area is 119 Å². The zero-order chi connectivity index (χ0) is 12.5. The van der Waals surface area contributed by atoms with E-state index in [2.05, 4.69) is 20.8 Å². The average Bonchev–Trinajstić information content (AvgIpc) is 2.64. The van der Waals surface area contributed by atoms with Gasteiger partial charge in [-0.2, -0.15) is 11.8 Å². The third kappa shape index (κ3) is 3.47. The van der Waals surface area contributed by atoms with Crippen molar-refractivity contribution in [3.63, 3.8) is 0 Å². The average molecular weight is 356 g/mol. The topological polar surface area (TPSA) is 37.4 Å². The van der Waals surface area contributed by atoms with Gasteiger partial charge in [-0.3, -0.25) is 4.90 Å². The summed E-state index contributed by atoms with van der Waals surface area (Å²) in [5.41, 5.74) is 0. The summed E-state index contributed by atoms with van der Waals surface area (Å²) in [4.78, 5) is 3.27. The normalized spacial score (nSPS) is 22.8.